The van der Waals surface area contributed by atoms with Crippen LogP contribution in [0.1, 0.15) is 37.9 Å². The molecule has 1 aromatic carbocycles. The van der Waals surface area contributed by atoms with E-state index in [4.69, 9.17) is 11.5 Å². The molecule has 14 heavy (non-hydrogen) atoms. The van der Waals surface area contributed by atoms with Crippen LogP contribution in [0.15, 0.2) is 18.2 Å². The highest BCUT2D eigenvalue weighted by Crippen LogP contribution is 2.31. The van der Waals surface area contributed by atoms with Crippen LogP contribution in [-0.2, 0) is 0 Å². The molecule has 0 spiro atoms. The first-order valence-electron chi connectivity index (χ1n) is 4.94. The highest BCUT2D eigenvalue weighted by Gasteiger charge is 2.22. The van der Waals surface area contributed by atoms with Crippen molar-refractivity contribution in [2.45, 2.75) is 33.7 Å². The summed E-state index contributed by atoms with van der Waals surface area (Å²) >= 11 is 0. The lowest BCUT2D eigenvalue weighted by atomic mass is 9.83. The van der Waals surface area contributed by atoms with Gasteiger partial charge in [-0.3, -0.25) is 0 Å². The zero-order valence-corrected chi connectivity index (χ0v) is 9.46. The molecule has 0 aromatic heterocycles. The Morgan fingerprint density at radius 2 is 1.79 bits per heavy atom. The van der Waals surface area contributed by atoms with Gasteiger partial charge in [0.05, 0.1) is 0 Å². The standard InChI is InChI=1S/C12H20N2/c1-8-5-6-9(7-10(8)13)11(14)12(2,3)4/h5-7,11H,13-14H2,1-4H3/t11-/m1/s1. The van der Waals surface area contributed by atoms with Gasteiger partial charge in [0.2, 0.25) is 0 Å². The van der Waals surface area contributed by atoms with Gasteiger partial charge < -0.3 is 11.5 Å². The lowest BCUT2D eigenvalue weighted by Gasteiger charge is -2.27. The molecular weight excluding hydrogens is 172 g/mol. The minimum atomic E-state index is 0.0328. The minimum absolute atomic E-state index is 0.0328. The molecule has 0 unspecified atom stereocenters. The number of nitrogen functional groups attached to an aromatic ring is 1. The van der Waals surface area contributed by atoms with Gasteiger partial charge in [-0.15, -0.1) is 0 Å². The van der Waals surface area contributed by atoms with E-state index >= 15 is 0 Å². The van der Waals surface area contributed by atoms with Gasteiger partial charge >= 0.3 is 0 Å². The second-order valence-corrected chi connectivity index (χ2v) is 4.96. The monoisotopic (exact) mass is 192 g/mol. The summed E-state index contributed by atoms with van der Waals surface area (Å²) in [6, 6.07) is 6.09. The molecule has 78 valence electrons. The van der Waals surface area contributed by atoms with Gasteiger partial charge in [-0.1, -0.05) is 32.9 Å². The lowest BCUT2D eigenvalue weighted by Crippen LogP contribution is -2.26. The molecule has 2 heteroatoms. The predicted octanol–water partition coefficient (Wildman–Crippen LogP) is 2.62. The van der Waals surface area contributed by atoms with Gasteiger partial charge in [0.1, 0.15) is 0 Å². The van der Waals surface area contributed by atoms with Crippen molar-refractivity contribution in [3.63, 3.8) is 0 Å². The van der Waals surface area contributed by atoms with Crippen molar-refractivity contribution in [3.8, 4) is 0 Å². The predicted molar refractivity (Wildman–Crippen MR) is 62.0 cm³/mol. The van der Waals surface area contributed by atoms with Gasteiger partial charge in [0.25, 0.3) is 0 Å². The quantitative estimate of drug-likeness (QED) is 0.672. The lowest BCUT2D eigenvalue weighted by molar-refractivity contribution is 0.327. The van der Waals surface area contributed by atoms with Crippen LogP contribution < -0.4 is 11.5 Å². The van der Waals surface area contributed by atoms with Gasteiger partial charge in [-0.25, -0.2) is 0 Å². The number of hydrogen-bond acceptors (Lipinski definition) is 2. The van der Waals surface area contributed by atoms with Crippen LogP contribution in [0.25, 0.3) is 0 Å². The molecule has 0 saturated carbocycles. The summed E-state index contributed by atoms with van der Waals surface area (Å²) in [5.74, 6) is 0. The third kappa shape index (κ3) is 2.26. The van der Waals surface area contributed by atoms with E-state index in [0.717, 1.165) is 16.8 Å². The number of aryl methyl sites for hydroxylation is 1. The van der Waals surface area contributed by atoms with Crippen molar-refractivity contribution < 1.29 is 0 Å². The smallest absolute Gasteiger partial charge is 0.0347 e. The van der Waals surface area contributed by atoms with Crippen LogP contribution in [0.4, 0.5) is 5.69 Å². The van der Waals surface area contributed by atoms with Gasteiger partial charge in [0, 0.05) is 11.7 Å². The summed E-state index contributed by atoms with van der Waals surface area (Å²) in [5, 5.41) is 0. The molecule has 1 atom stereocenters. The Morgan fingerprint density at radius 1 is 1.21 bits per heavy atom. The van der Waals surface area contributed by atoms with E-state index in [-0.39, 0.29) is 11.5 Å². The van der Waals surface area contributed by atoms with Crippen LogP contribution in [0, 0.1) is 12.3 Å². The third-order valence-corrected chi connectivity index (χ3v) is 2.60. The first kappa shape index (κ1) is 11.1. The molecule has 0 heterocycles. The van der Waals surface area contributed by atoms with Crippen LogP contribution in [-0.4, -0.2) is 0 Å². The molecule has 0 aliphatic rings. The molecule has 0 radical (unpaired) electrons. The zero-order valence-electron chi connectivity index (χ0n) is 9.46. The first-order chi connectivity index (χ1) is 6.32. The van der Waals surface area contributed by atoms with Crippen molar-refractivity contribution in [2.24, 2.45) is 11.1 Å². The average molecular weight is 192 g/mol. The minimum Gasteiger partial charge on any atom is -0.399 e. The van der Waals surface area contributed by atoms with Crippen molar-refractivity contribution >= 4 is 5.69 Å². The van der Waals surface area contributed by atoms with E-state index in [1.165, 1.54) is 0 Å². The molecule has 1 rings (SSSR count). The van der Waals surface area contributed by atoms with Crippen LogP contribution in [0.5, 0.6) is 0 Å². The average Bonchev–Trinajstić information content (AvgIpc) is 2.07. The van der Waals surface area contributed by atoms with Gasteiger partial charge in [0.15, 0.2) is 0 Å². The molecule has 1 aromatic rings. The van der Waals surface area contributed by atoms with Crippen LogP contribution in [0.2, 0.25) is 0 Å². The third-order valence-electron chi connectivity index (χ3n) is 2.60. The van der Waals surface area contributed by atoms with E-state index in [9.17, 15) is 0 Å². The number of rotatable bonds is 1. The molecule has 0 aliphatic heterocycles. The van der Waals surface area contributed by atoms with E-state index < -0.39 is 0 Å². The number of anilines is 1. The van der Waals surface area contributed by atoms with Crippen LogP contribution in [0.3, 0.4) is 0 Å². The largest absolute Gasteiger partial charge is 0.399 e. The summed E-state index contributed by atoms with van der Waals surface area (Å²) < 4.78 is 0. The fourth-order valence-corrected chi connectivity index (χ4v) is 1.35. The summed E-state index contributed by atoms with van der Waals surface area (Å²) in [6.07, 6.45) is 0. The molecule has 0 fully saturated rings. The summed E-state index contributed by atoms with van der Waals surface area (Å²) in [6.45, 7) is 8.40. The summed E-state index contributed by atoms with van der Waals surface area (Å²) in [5.41, 5.74) is 15.1. The second kappa shape index (κ2) is 3.62. The maximum absolute atomic E-state index is 6.14. The molecule has 0 bridgehead atoms. The Morgan fingerprint density at radius 3 is 2.21 bits per heavy atom. The van der Waals surface area contributed by atoms with Crippen molar-refractivity contribution in [2.75, 3.05) is 5.73 Å². The maximum Gasteiger partial charge on any atom is 0.0347 e. The Hall–Kier alpha value is -1.02. The number of nitrogens with two attached hydrogens (primary N) is 2. The molecule has 0 aliphatic carbocycles. The normalized spacial score (nSPS) is 14.1. The SMILES string of the molecule is Cc1ccc([C@@H](N)C(C)(C)C)cc1N. The van der Waals surface area contributed by atoms with E-state index in [0.29, 0.717) is 0 Å². The zero-order chi connectivity index (χ0) is 10.9. The highest BCUT2D eigenvalue weighted by atomic mass is 14.7. The van der Waals surface area contributed by atoms with Crippen molar-refractivity contribution in [3.05, 3.63) is 29.3 Å². The Labute approximate surface area is 86.3 Å². The fraction of sp³-hybridized carbons (Fsp3) is 0.500. The number of benzene rings is 1. The Bertz CT molecular complexity index is 324. The molecule has 4 N–H and O–H groups in total. The van der Waals surface area contributed by atoms with Crippen molar-refractivity contribution in [1.82, 2.24) is 0 Å². The van der Waals surface area contributed by atoms with E-state index in [1.807, 2.05) is 19.1 Å². The first-order valence-corrected chi connectivity index (χ1v) is 4.94. The van der Waals surface area contributed by atoms with Gasteiger partial charge in [-0.2, -0.15) is 0 Å². The van der Waals surface area contributed by atoms with Gasteiger partial charge in [-0.05, 0) is 29.5 Å². The van der Waals surface area contributed by atoms with E-state index in [2.05, 4.69) is 26.8 Å². The Kier molecular flexibility index (Phi) is 2.86. The van der Waals surface area contributed by atoms with E-state index in [1.54, 1.807) is 0 Å². The molecule has 2 nitrogen and oxygen atoms in total. The fourth-order valence-electron chi connectivity index (χ4n) is 1.35. The topological polar surface area (TPSA) is 52.0 Å². The Balaban J connectivity index is 3.03. The number of hydrogen-bond donors (Lipinski definition) is 2. The molecule has 0 amide bonds. The maximum atomic E-state index is 6.14. The summed E-state index contributed by atoms with van der Waals surface area (Å²) in [7, 11) is 0. The van der Waals surface area contributed by atoms with Crippen molar-refractivity contribution in [1.29, 1.82) is 0 Å². The summed E-state index contributed by atoms with van der Waals surface area (Å²) in [4.78, 5) is 0. The molecular formula is C12H20N2. The second-order valence-electron chi connectivity index (χ2n) is 4.96. The van der Waals surface area contributed by atoms with Crippen LogP contribution >= 0.6 is 0 Å². The molecule has 0 saturated heterocycles. The highest BCUT2D eigenvalue weighted by molar-refractivity contribution is 5.49.